The fraction of sp³-hybridized carbons (Fsp3) is 0.100. The number of aromatic nitrogens is 2. The molecule has 2 nitrogen and oxygen atoms in total. The highest BCUT2D eigenvalue weighted by Gasteiger charge is 2.35. The first-order valence-corrected chi connectivity index (χ1v) is 11.2. The van der Waals surface area contributed by atoms with Gasteiger partial charge in [0.2, 0.25) is 0 Å². The summed E-state index contributed by atoms with van der Waals surface area (Å²) < 4.78 is 2.42. The first kappa shape index (κ1) is 17.7. The zero-order valence-electron chi connectivity index (χ0n) is 18.1. The molecule has 0 spiro atoms. The van der Waals surface area contributed by atoms with Crippen molar-refractivity contribution in [2.45, 2.75) is 19.3 Å². The van der Waals surface area contributed by atoms with Crippen molar-refractivity contribution < 1.29 is 0 Å². The van der Waals surface area contributed by atoms with Crippen LogP contribution in [0.4, 0.5) is 0 Å². The normalized spacial score (nSPS) is 14.2. The standard InChI is InChI=1S/C30H22N2/c1-30(2)24-11-5-3-10-22(24)28-27-19(8-7-12-25(27)30)18-23-21-9-4-6-13-26(21)32(29(23)28)20-14-16-31-17-15-20/h3-18H,1-2H3. The highest BCUT2D eigenvalue weighted by molar-refractivity contribution is 6.22. The highest BCUT2D eigenvalue weighted by atomic mass is 15.0. The summed E-state index contributed by atoms with van der Waals surface area (Å²) in [6, 6.07) is 31.1. The zero-order chi connectivity index (χ0) is 21.4. The van der Waals surface area contributed by atoms with E-state index in [1.54, 1.807) is 0 Å². The molecule has 0 aliphatic heterocycles. The maximum absolute atomic E-state index is 4.27. The lowest BCUT2D eigenvalue weighted by Crippen LogP contribution is -2.23. The lowest BCUT2D eigenvalue weighted by atomic mass is 9.68. The van der Waals surface area contributed by atoms with Gasteiger partial charge in [-0.3, -0.25) is 4.98 Å². The average molecular weight is 411 g/mol. The second-order valence-corrected chi connectivity index (χ2v) is 9.28. The third-order valence-corrected chi connectivity index (χ3v) is 7.26. The summed E-state index contributed by atoms with van der Waals surface area (Å²) in [6.07, 6.45) is 3.76. The van der Waals surface area contributed by atoms with Gasteiger partial charge < -0.3 is 4.57 Å². The van der Waals surface area contributed by atoms with Crippen LogP contribution in [0.1, 0.15) is 25.0 Å². The third-order valence-electron chi connectivity index (χ3n) is 7.26. The molecule has 1 aliphatic rings. The second kappa shape index (κ2) is 6.08. The van der Waals surface area contributed by atoms with Gasteiger partial charge in [0.15, 0.2) is 0 Å². The second-order valence-electron chi connectivity index (χ2n) is 9.28. The van der Waals surface area contributed by atoms with Crippen LogP contribution in [0.3, 0.4) is 0 Å². The SMILES string of the molecule is CC1(C)c2ccccc2-c2c3c1cccc3cc1c3ccccc3n(-c3ccncc3)c21. The fourth-order valence-corrected chi connectivity index (χ4v) is 5.84. The summed E-state index contributed by atoms with van der Waals surface area (Å²) in [5.41, 5.74) is 9.06. The molecule has 0 saturated heterocycles. The van der Waals surface area contributed by atoms with E-state index in [1.165, 1.54) is 54.8 Å². The molecule has 152 valence electrons. The van der Waals surface area contributed by atoms with Crippen LogP contribution in [-0.4, -0.2) is 9.55 Å². The molecule has 2 heterocycles. The van der Waals surface area contributed by atoms with E-state index < -0.39 is 0 Å². The molecule has 0 atom stereocenters. The van der Waals surface area contributed by atoms with Crippen molar-refractivity contribution in [2.24, 2.45) is 0 Å². The molecule has 7 rings (SSSR count). The van der Waals surface area contributed by atoms with E-state index in [9.17, 15) is 0 Å². The van der Waals surface area contributed by atoms with Crippen molar-refractivity contribution in [2.75, 3.05) is 0 Å². The van der Waals surface area contributed by atoms with Gasteiger partial charge in [0.05, 0.1) is 11.0 Å². The maximum Gasteiger partial charge on any atom is 0.0626 e. The molecule has 32 heavy (non-hydrogen) atoms. The van der Waals surface area contributed by atoms with Crippen molar-refractivity contribution in [3.05, 3.63) is 108 Å². The van der Waals surface area contributed by atoms with E-state index >= 15 is 0 Å². The molecule has 0 N–H and O–H groups in total. The van der Waals surface area contributed by atoms with Crippen molar-refractivity contribution >= 4 is 32.6 Å². The Balaban J connectivity index is 1.83. The molecular weight excluding hydrogens is 388 g/mol. The number of nitrogens with zero attached hydrogens (tertiary/aromatic N) is 2. The summed E-state index contributed by atoms with van der Waals surface area (Å²) in [6.45, 7) is 4.71. The minimum absolute atomic E-state index is 0.0513. The van der Waals surface area contributed by atoms with Crippen molar-refractivity contribution in [3.8, 4) is 16.8 Å². The van der Waals surface area contributed by atoms with Crippen molar-refractivity contribution in [1.29, 1.82) is 0 Å². The smallest absolute Gasteiger partial charge is 0.0626 e. The molecular formula is C30H22N2. The van der Waals surface area contributed by atoms with E-state index in [4.69, 9.17) is 0 Å². The van der Waals surface area contributed by atoms with E-state index in [2.05, 4.69) is 108 Å². The molecule has 0 bridgehead atoms. The molecule has 1 aliphatic carbocycles. The number of benzene rings is 4. The first-order valence-electron chi connectivity index (χ1n) is 11.2. The van der Waals surface area contributed by atoms with Crippen molar-refractivity contribution in [1.82, 2.24) is 9.55 Å². The molecule has 2 heteroatoms. The zero-order valence-corrected chi connectivity index (χ0v) is 18.1. The molecule has 4 aromatic carbocycles. The van der Waals surface area contributed by atoms with Gasteiger partial charge in [-0.05, 0) is 51.7 Å². The van der Waals surface area contributed by atoms with Crippen LogP contribution in [0.25, 0.3) is 49.4 Å². The van der Waals surface area contributed by atoms with Crippen LogP contribution < -0.4 is 0 Å². The molecule has 0 saturated carbocycles. The molecule has 6 aromatic rings. The molecule has 0 fully saturated rings. The Bertz CT molecular complexity index is 1690. The van der Waals surface area contributed by atoms with Crippen LogP contribution in [-0.2, 0) is 5.41 Å². The number of hydrogen-bond acceptors (Lipinski definition) is 1. The van der Waals surface area contributed by atoms with Gasteiger partial charge >= 0.3 is 0 Å². The Kier molecular flexibility index (Phi) is 3.37. The minimum atomic E-state index is -0.0513. The largest absolute Gasteiger partial charge is 0.308 e. The Morgan fingerprint density at radius 3 is 2.34 bits per heavy atom. The van der Waals surface area contributed by atoms with Gasteiger partial charge in [0, 0.05) is 39.8 Å². The summed E-state index contributed by atoms with van der Waals surface area (Å²) in [5.74, 6) is 0. The van der Waals surface area contributed by atoms with Crippen LogP contribution in [0, 0.1) is 0 Å². The predicted octanol–water partition coefficient (Wildman–Crippen LogP) is 7.64. The molecule has 0 radical (unpaired) electrons. The molecule has 0 amide bonds. The Morgan fingerprint density at radius 1 is 0.719 bits per heavy atom. The van der Waals surface area contributed by atoms with Gasteiger partial charge in [-0.1, -0.05) is 74.5 Å². The maximum atomic E-state index is 4.27. The molecule has 2 aromatic heterocycles. The van der Waals surface area contributed by atoms with Gasteiger partial charge in [0.25, 0.3) is 0 Å². The minimum Gasteiger partial charge on any atom is -0.308 e. The van der Waals surface area contributed by atoms with E-state index in [1.807, 2.05) is 12.4 Å². The van der Waals surface area contributed by atoms with E-state index in [0.717, 1.165) is 5.69 Å². The predicted molar refractivity (Wildman–Crippen MR) is 134 cm³/mol. The summed E-state index contributed by atoms with van der Waals surface area (Å²) >= 11 is 0. The quantitative estimate of drug-likeness (QED) is 0.272. The highest BCUT2D eigenvalue weighted by Crippen LogP contribution is 2.52. The molecule has 0 unspecified atom stereocenters. The monoisotopic (exact) mass is 410 g/mol. The summed E-state index contributed by atoms with van der Waals surface area (Å²) in [7, 11) is 0. The lowest BCUT2D eigenvalue weighted by Gasteiger charge is -2.35. The Labute approximate surface area is 186 Å². The number of hydrogen-bond donors (Lipinski definition) is 0. The first-order chi connectivity index (χ1) is 15.7. The fourth-order valence-electron chi connectivity index (χ4n) is 5.84. The van der Waals surface area contributed by atoms with Crippen LogP contribution in [0.5, 0.6) is 0 Å². The number of para-hydroxylation sites is 1. The Morgan fingerprint density at radius 2 is 1.47 bits per heavy atom. The third kappa shape index (κ3) is 2.12. The van der Waals surface area contributed by atoms with E-state index in [-0.39, 0.29) is 5.41 Å². The van der Waals surface area contributed by atoms with E-state index in [0.29, 0.717) is 0 Å². The van der Waals surface area contributed by atoms with Crippen LogP contribution >= 0.6 is 0 Å². The van der Waals surface area contributed by atoms with Crippen LogP contribution in [0.2, 0.25) is 0 Å². The van der Waals surface area contributed by atoms with Gasteiger partial charge in [0.1, 0.15) is 0 Å². The lowest BCUT2D eigenvalue weighted by molar-refractivity contribution is 0.645. The number of rotatable bonds is 1. The Hall–Kier alpha value is -3.91. The van der Waals surface area contributed by atoms with Crippen LogP contribution in [0.15, 0.2) is 97.3 Å². The topological polar surface area (TPSA) is 17.8 Å². The van der Waals surface area contributed by atoms with Crippen molar-refractivity contribution in [3.63, 3.8) is 0 Å². The van der Waals surface area contributed by atoms with Gasteiger partial charge in [-0.15, -0.1) is 0 Å². The number of pyridine rings is 1. The summed E-state index contributed by atoms with van der Waals surface area (Å²) in [5, 5.41) is 5.27. The summed E-state index contributed by atoms with van der Waals surface area (Å²) in [4.78, 5) is 4.27. The average Bonchev–Trinajstić information content (AvgIpc) is 3.16. The number of fused-ring (bicyclic) bond motifs is 6. The van der Waals surface area contributed by atoms with Gasteiger partial charge in [-0.25, -0.2) is 0 Å². The van der Waals surface area contributed by atoms with Gasteiger partial charge in [-0.2, -0.15) is 0 Å².